The third-order valence-corrected chi connectivity index (χ3v) is 6.43. The molecule has 0 atom stereocenters. The van der Waals surface area contributed by atoms with Gasteiger partial charge in [0.1, 0.15) is 0 Å². The zero-order valence-electron chi connectivity index (χ0n) is 19.3. The smallest absolute Gasteiger partial charge is 0.191 e. The molecule has 1 aliphatic heterocycles. The van der Waals surface area contributed by atoms with E-state index in [1.54, 1.807) is 7.11 Å². The predicted molar refractivity (Wildman–Crippen MR) is 138 cm³/mol. The highest BCUT2D eigenvalue weighted by atomic mass is 127. The second-order valence-corrected chi connectivity index (χ2v) is 8.70. The molecule has 0 amide bonds. The van der Waals surface area contributed by atoms with Gasteiger partial charge in [0.05, 0.1) is 19.8 Å². The van der Waals surface area contributed by atoms with E-state index in [1.165, 1.54) is 36.8 Å². The van der Waals surface area contributed by atoms with Crippen LogP contribution in [-0.4, -0.2) is 64.0 Å². The Morgan fingerprint density at radius 3 is 2.42 bits per heavy atom. The van der Waals surface area contributed by atoms with Crippen molar-refractivity contribution >= 4 is 29.9 Å². The van der Waals surface area contributed by atoms with Gasteiger partial charge < -0.3 is 20.1 Å². The Kier molecular flexibility index (Phi) is 12.1. The van der Waals surface area contributed by atoms with E-state index in [2.05, 4.69) is 46.7 Å². The Labute approximate surface area is 205 Å². The Bertz CT molecular complexity index is 641. The molecule has 6 nitrogen and oxygen atoms in total. The van der Waals surface area contributed by atoms with Gasteiger partial charge in [-0.05, 0) is 42.7 Å². The van der Waals surface area contributed by atoms with Gasteiger partial charge in [-0.15, -0.1) is 24.0 Å². The maximum atomic E-state index is 5.43. The number of aliphatic imine (C=N–C) groups is 1. The van der Waals surface area contributed by atoms with Crippen LogP contribution in [0.25, 0.3) is 0 Å². The molecular formula is C24H41IN4O2. The van der Waals surface area contributed by atoms with Gasteiger partial charge in [0.2, 0.25) is 0 Å². The van der Waals surface area contributed by atoms with Crippen LogP contribution in [0.1, 0.15) is 50.2 Å². The standard InChI is InChI=1S/C24H40N4O2.HI/c1-3-25-23(27-20-24(12-15-29-2)10-4-5-11-24)26-18-21-6-8-22(9-7-21)19-28-13-16-30-17-14-28;/h6-9H,3-5,10-20H2,1-2H3,(H2,25,26,27);1H. The fourth-order valence-electron chi connectivity index (χ4n) is 4.51. The molecule has 2 N–H and O–H groups in total. The first-order valence-electron chi connectivity index (χ1n) is 11.6. The highest BCUT2D eigenvalue weighted by Gasteiger charge is 2.33. The van der Waals surface area contributed by atoms with Crippen LogP contribution >= 0.6 is 24.0 Å². The van der Waals surface area contributed by atoms with Gasteiger partial charge in [0.25, 0.3) is 0 Å². The summed E-state index contributed by atoms with van der Waals surface area (Å²) in [6, 6.07) is 8.89. The first-order valence-corrected chi connectivity index (χ1v) is 11.6. The Morgan fingerprint density at radius 2 is 1.77 bits per heavy atom. The maximum absolute atomic E-state index is 5.43. The molecule has 2 aliphatic rings. The lowest BCUT2D eigenvalue weighted by Crippen LogP contribution is -2.43. The number of ether oxygens (including phenoxy) is 2. The largest absolute Gasteiger partial charge is 0.385 e. The number of methoxy groups -OCH3 is 1. The van der Waals surface area contributed by atoms with Crippen molar-refractivity contribution in [2.45, 2.75) is 52.1 Å². The number of guanidine groups is 1. The molecular weight excluding hydrogens is 503 g/mol. The third-order valence-electron chi connectivity index (χ3n) is 6.43. The highest BCUT2D eigenvalue weighted by Crippen LogP contribution is 2.40. The molecule has 0 aromatic heterocycles. The van der Waals surface area contributed by atoms with Crippen molar-refractivity contribution in [3.8, 4) is 0 Å². The fourth-order valence-corrected chi connectivity index (χ4v) is 4.51. The number of morpholine rings is 1. The molecule has 0 bridgehead atoms. The summed E-state index contributed by atoms with van der Waals surface area (Å²) in [5, 5.41) is 7.02. The molecule has 1 aromatic rings. The highest BCUT2D eigenvalue weighted by molar-refractivity contribution is 14.0. The summed E-state index contributed by atoms with van der Waals surface area (Å²) in [5.74, 6) is 0.915. The van der Waals surface area contributed by atoms with Gasteiger partial charge in [-0.2, -0.15) is 0 Å². The van der Waals surface area contributed by atoms with Crippen LogP contribution < -0.4 is 10.6 Å². The zero-order chi connectivity index (χ0) is 21.1. The first-order chi connectivity index (χ1) is 14.7. The van der Waals surface area contributed by atoms with E-state index >= 15 is 0 Å². The number of nitrogens with one attached hydrogen (secondary N) is 2. The van der Waals surface area contributed by atoms with Gasteiger partial charge in [0.15, 0.2) is 5.96 Å². The number of hydrogen-bond acceptors (Lipinski definition) is 4. The van der Waals surface area contributed by atoms with Gasteiger partial charge in [-0.1, -0.05) is 37.1 Å². The summed E-state index contributed by atoms with van der Waals surface area (Å²) in [5.41, 5.74) is 2.96. The van der Waals surface area contributed by atoms with Gasteiger partial charge in [-0.25, -0.2) is 4.99 Å². The fraction of sp³-hybridized carbons (Fsp3) is 0.708. The SMILES string of the molecule is CCNC(=NCc1ccc(CN2CCOCC2)cc1)NCC1(CCOC)CCCC1.I. The van der Waals surface area contributed by atoms with E-state index in [-0.39, 0.29) is 24.0 Å². The number of benzene rings is 1. The van der Waals surface area contributed by atoms with E-state index in [1.807, 2.05) is 0 Å². The minimum absolute atomic E-state index is 0. The lowest BCUT2D eigenvalue weighted by molar-refractivity contribution is 0.0342. The summed E-state index contributed by atoms with van der Waals surface area (Å²) in [6.07, 6.45) is 6.35. The van der Waals surface area contributed by atoms with E-state index in [0.29, 0.717) is 12.0 Å². The van der Waals surface area contributed by atoms with Crippen LogP contribution in [0.5, 0.6) is 0 Å². The monoisotopic (exact) mass is 544 g/mol. The van der Waals surface area contributed by atoms with Gasteiger partial charge in [0, 0.05) is 46.4 Å². The minimum Gasteiger partial charge on any atom is -0.385 e. The summed E-state index contributed by atoms with van der Waals surface area (Å²) in [4.78, 5) is 7.29. The number of nitrogens with zero attached hydrogens (tertiary/aromatic N) is 2. The normalized spacial score (nSPS) is 19.1. The maximum Gasteiger partial charge on any atom is 0.191 e. The Morgan fingerprint density at radius 1 is 1.10 bits per heavy atom. The number of hydrogen-bond donors (Lipinski definition) is 2. The van der Waals surface area contributed by atoms with Crippen LogP contribution in [0.3, 0.4) is 0 Å². The molecule has 31 heavy (non-hydrogen) atoms. The quantitative estimate of drug-likeness (QED) is 0.267. The average Bonchev–Trinajstić information content (AvgIpc) is 3.25. The molecule has 1 saturated carbocycles. The molecule has 0 unspecified atom stereocenters. The van der Waals surface area contributed by atoms with Gasteiger partial charge >= 0.3 is 0 Å². The van der Waals surface area contributed by atoms with Crippen molar-refractivity contribution in [1.29, 1.82) is 0 Å². The second kappa shape index (κ2) is 14.3. The average molecular weight is 545 g/mol. The van der Waals surface area contributed by atoms with Crippen molar-refractivity contribution in [1.82, 2.24) is 15.5 Å². The van der Waals surface area contributed by atoms with Crippen LogP contribution in [0, 0.1) is 5.41 Å². The number of rotatable bonds is 10. The van der Waals surface area contributed by atoms with Crippen LogP contribution in [-0.2, 0) is 22.6 Å². The second-order valence-electron chi connectivity index (χ2n) is 8.70. The summed E-state index contributed by atoms with van der Waals surface area (Å²) in [7, 11) is 1.80. The molecule has 3 rings (SSSR count). The topological polar surface area (TPSA) is 58.1 Å². The van der Waals surface area contributed by atoms with Crippen molar-refractivity contribution < 1.29 is 9.47 Å². The van der Waals surface area contributed by atoms with Crippen molar-refractivity contribution in [2.75, 3.05) is 53.1 Å². The molecule has 0 spiro atoms. The van der Waals surface area contributed by atoms with E-state index < -0.39 is 0 Å². The van der Waals surface area contributed by atoms with Crippen molar-refractivity contribution in [3.05, 3.63) is 35.4 Å². The lowest BCUT2D eigenvalue weighted by atomic mass is 9.83. The van der Waals surface area contributed by atoms with Gasteiger partial charge in [-0.3, -0.25) is 4.90 Å². The van der Waals surface area contributed by atoms with Crippen LogP contribution in [0.15, 0.2) is 29.3 Å². The zero-order valence-corrected chi connectivity index (χ0v) is 21.7. The summed E-state index contributed by atoms with van der Waals surface area (Å²) < 4.78 is 10.8. The minimum atomic E-state index is 0. The van der Waals surface area contributed by atoms with E-state index in [4.69, 9.17) is 14.5 Å². The molecule has 1 aromatic carbocycles. The lowest BCUT2D eigenvalue weighted by Gasteiger charge is -2.30. The Balaban J connectivity index is 0.00000341. The molecule has 2 fully saturated rings. The molecule has 0 radical (unpaired) electrons. The van der Waals surface area contributed by atoms with Crippen LogP contribution in [0.4, 0.5) is 0 Å². The third kappa shape index (κ3) is 8.86. The molecule has 1 heterocycles. The molecule has 176 valence electrons. The Hall–Kier alpha value is -0.900. The molecule has 1 saturated heterocycles. The predicted octanol–water partition coefficient (Wildman–Crippen LogP) is 3.79. The molecule has 7 heteroatoms. The number of halogens is 1. The van der Waals surface area contributed by atoms with Crippen molar-refractivity contribution in [3.63, 3.8) is 0 Å². The summed E-state index contributed by atoms with van der Waals surface area (Å²) in [6.45, 7) is 10.2. The van der Waals surface area contributed by atoms with Crippen molar-refractivity contribution in [2.24, 2.45) is 10.4 Å². The summed E-state index contributed by atoms with van der Waals surface area (Å²) >= 11 is 0. The van der Waals surface area contributed by atoms with Crippen LogP contribution in [0.2, 0.25) is 0 Å². The van der Waals surface area contributed by atoms with E-state index in [0.717, 1.165) is 64.9 Å². The first kappa shape index (κ1) is 26.4. The molecule has 1 aliphatic carbocycles. The van der Waals surface area contributed by atoms with E-state index in [9.17, 15) is 0 Å².